The third-order valence-electron chi connectivity index (χ3n) is 23.1. The number of aliphatic hydroxyl groups excluding tert-OH is 2. The molecule has 4 aliphatic heterocycles. The lowest BCUT2D eigenvalue weighted by Crippen LogP contribution is -2.63. The number of hydrogen-bond donors (Lipinski definition) is 17. The number of benzene rings is 4. The number of anilines is 1. The van der Waals surface area contributed by atoms with Gasteiger partial charge in [-0.1, -0.05) is 146 Å². The molecule has 37 nitrogen and oxygen atoms in total. The molecular weight excluding hydrogens is 1790 g/mol. The molecule has 4 aliphatic rings. The summed E-state index contributed by atoms with van der Waals surface area (Å²) in [6, 6.07) is 11.8. The third kappa shape index (κ3) is 29.7. The van der Waals surface area contributed by atoms with Crippen molar-refractivity contribution in [3.05, 3.63) is 148 Å². The fourth-order valence-corrected chi connectivity index (χ4v) is 19.8. The highest BCUT2D eigenvalue weighted by Crippen LogP contribution is 2.50. The number of nitrogens with one attached hydrogen (secondary N) is 11. The van der Waals surface area contributed by atoms with Gasteiger partial charge in [-0.2, -0.15) is 0 Å². The van der Waals surface area contributed by atoms with E-state index in [2.05, 4.69) is 58.2 Å². The van der Waals surface area contributed by atoms with Gasteiger partial charge < -0.3 is 118 Å². The van der Waals surface area contributed by atoms with E-state index >= 15 is 4.79 Å². The first-order valence-corrected chi connectivity index (χ1v) is 48.4. The Morgan fingerprint density at radius 2 is 1.45 bits per heavy atom. The number of para-hydroxylation sites is 1. The van der Waals surface area contributed by atoms with E-state index in [-0.39, 0.29) is 99.0 Å². The predicted octanol–water partition coefficient (Wildman–Crippen LogP) is 2.83. The first kappa shape index (κ1) is 105. The number of esters is 1. The van der Waals surface area contributed by atoms with Crippen LogP contribution in [-0.2, 0) is 102 Å². The highest BCUT2D eigenvalue weighted by atomic mass is 35.5. The second-order valence-corrected chi connectivity index (χ2v) is 38.7. The number of nitrogens with two attached hydrogens (primary N) is 2. The molecule has 0 spiro atoms. The summed E-state index contributed by atoms with van der Waals surface area (Å²) in [6.45, 7) is 9.02. The average Bonchev–Trinajstić information content (AvgIpc) is 1.57. The fraction of sp³-hybridized carbons (Fsp3) is 0.517. The molecule has 4 aromatic carbocycles. The van der Waals surface area contributed by atoms with E-state index in [1.54, 1.807) is 92.9 Å². The van der Waals surface area contributed by atoms with Gasteiger partial charge in [0.2, 0.25) is 65.0 Å². The van der Waals surface area contributed by atoms with Crippen molar-refractivity contribution in [3.63, 3.8) is 0 Å². The Kier molecular flexibility index (Phi) is 39.5. The summed E-state index contributed by atoms with van der Waals surface area (Å²) < 4.78 is 29.6. The maximum atomic E-state index is 15.0. The molecule has 3 saturated heterocycles. The van der Waals surface area contributed by atoms with Crippen LogP contribution in [0.4, 0.5) is 10.5 Å². The Hall–Kier alpha value is -10.2. The number of fused-ring (bicyclic) bond motifs is 6. The van der Waals surface area contributed by atoms with Gasteiger partial charge in [-0.25, -0.2) is 9.59 Å². The molecule has 1 aromatic heterocycles. The summed E-state index contributed by atoms with van der Waals surface area (Å²) in [7, 11) is 10.2. The lowest BCUT2D eigenvalue weighted by molar-refractivity contribution is -0.162. The van der Waals surface area contributed by atoms with Crippen LogP contribution in [0.5, 0.6) is 11.5 Å². The molecule has 42 heteroatoms. The summed E-state index contributed by atoms with van der Waals surface area (Å²) in [6.07, 6.45) is -1.50. The molecule has 12 amide bonds. The minimum Gasteiger partial charge on any atom is -0.508 e. The average molecular weight is 1920 g/mol. The van der Waals surface area contributed by atoms with Crippen molar-refractivity contribution in [3.8, 4) is 11.5 Å². The summed E-state index contributed by atoms with van der Waals surface area (Å²) >= 11 is 6.87. The number of rotatable bonds is 32. The van der Waals surface area contributed by atoms with Crippen LogP contribution in [0.3, 0.4) is 0 Å². The lowest BCUT2D eigenvalue weighted by atomic mass is 9.83. The number of likely N-dealkylation sites (N-methyl/N-ethyl adjacent to an activating group) is 1. The van der Waals surface area contributed by atoms with Crippen molar-refractivity contribution < 1.29 is 106 Å². The molecule has 714 valence electrons. The van der Waals surface area contributed by atoms with Crippen molar-refractivity contribution in [2.45, 2.75) is 214 Å². The van der Waals surface area contributed by atoms with Gasteiger partial charge in [-0.15, -0.1) is 0 Å². The van der Waals surface area contributed by atoms with Crippen molar-refractivity contribution in [2.75, 3.05) is 75.9 Å². The molecule has 9 rings (SSSR count). The Bertz CT molecular complexity index is 4910. The van der Waals surface area contributed by atoms with Gasteiger partial charge in [0.1, 0.15) is 88.8 Å². The number of aromatic hydroxyl groups is 1. The van der Waals surface area contributed by atoms with Gasteiger partial charge in [0, 0.05) is 112 Å². The lowest BCUT2D eigenvalue weighted by Gasteiger charge is -2.42. The van der Waals surface area contributed by atoms with Gasteiger partial charge in [-0.3, -0.25) is 58.1 Å². The number of carbonyl (C=O) groups is 13. The van der Waals surface area contributed by atoms with Gasteiger partial charge in [0.05, 0.1) is 43.6 Å². The normalized spacial score (nSPS) is 25.6. The van der Waals surface area contributed by atoms with Crippen LogP contribution in [0.25, 0.3) is 10.9 Å². The number of halogens is 1. The van der Waals surface area contributed by atoms with Gasteiger partial charge in [-0.05, 0) is 126 Å². The minimum atomic E-state index is -1.93. The molecular formula is C89H120ClN15O22S4. The summed E-state index contributed by atoms with van der Waals surface area (Å²) in [5.41, 5.74) is 13.4. The van der Waals surface area contributed by atoms with Gasteiger partial charge in [0.25, 0.3) is 0 Å². The number of aliphatic hydroxyl groups is 3. The van der Waals surface area contributed by atoms with Gasteiger partial charge >= 0.3 is 12.1 Å². The number of unbranched alkanes of at least 4 members (excludes halogenated alkanes) is 1. The topological polar surface area (TPSA) is 547 Å². The summed E-state index contributed by atoms with van der Waals surface area (Å²) in [4.78, 5) is 192. The first-order chi connectivity index (χ1) is 62.3. The molecule has 4 unspecified atom stereocenters. The minimum absolute atomic E-state index is 0.00636. The number of methoxy groups -OCH3 is 2. The number of ether oxygens (including phenoxy) is 5. The van der Waals surface area contributed by atoms with Crippen LogP contribution < -0.4 is 74.3 Å². The smallest absolute Gasteiger partial charge is 0.409 e. The predicted molar refractivity (Wildman–Crippen MR) is 498 cm³/mol. The molecule has 131 heavy (non-hydrogen) atoms. The molecule has 5 heterocycles. The number of hydrogen-bond acceptors (Lipinski definition) is 28. The molecule has 0 aliphatic carbocycles. The van der Waals surface area contributed by atoms with Crippen molar-refractivity contribution >= 4 is 148 Å². The Morgan fingerprint density at radius 1 is 0.794 bits per heavy atom. The quantitative estimate of drug-likeness (QED) is 0.0127. The molecule has 18 atom stereocenters. The number of alkyl carbamates (subject to hydrolysis) is 1. The number of amides is 12. The monoisotopic (exact) mass is 1910 g/mol. The fourth-order valence-electron chi connectivity index (χ4n) is 15.2. The van der Waals surface area contributed by atoms with Gasteiger partial charge in [0.15, 0.2) is 5.72 Å². The second kappa shape index (κ2) is 49.5. The zero-order valence-corrected chi connectivity index (χ0v) is 78.7. The zero-order chi connectivity index (χ0) is 95.6. The van der Waals surface area contributed by atoms with E-state index in [0.717, 1.165) is 32.7 Å². The van der Waals surface area contributed by atoms with Crippen LogP contribution in [0.1, 0.15) is 109 Å². The number of carbonyl (C=O) groups excluding carboxylic acids is 13. The van der Waals surface area contributed by atoms with E-state index in [0.29, 0.717) is 51.9 Å². The van der Waals surface area contributed by atoms with Crippen molar-refractivity contribution in [1.82, 2.24) is 63.1 Å². The molecule has 3 fully saturated rings. The summed E-state index contributed by atoms with van der Waals surface area (Å²) in [5, 5.41) is 71.7. The summed E-state index contributed by atoms with van der Waals surface area (Å²) in [5.74, 6) is -10.3. The van der Waals surface area contributed by atoms with Crippen LogP contribution >= 0.6 is 54.8 Å². The molecule has 19 N–H and O–H groups in total. The van der Waals surface area contributed by atoms with Crippen LogP contribution in [0.2, 0.25) is 5.02 Å². The van der Waals surface area contributed by atoms with Crippen LogP contribution in [-0.4, -0.2) is 281 Å². The van der Waals surface area contributed by atoms with Crippen LogP contribution in [0, 0.1) is 5.92 Å². The third-order valence-corrected chi connectivity index (χ3v) is 28.3. The maximum absolute atomic E-state index is 15.0. The highest BCUT2D eigenvalue weighted by molar-refractivity contribution is 8.77. The van der Waals surface area contributed by atoms with E-state index in [1.165, 1.54) is 105 Å². The number of aromatic nitrogens is 1. The Labute approximate surface area is 780 Å². The van der Waals surface area contributed by atoms with E-state index in [1.807, 2.05) is 19.1 Å². The Morgan fingerprint density at radius 3 is 2.14 bits per heavy atom. The number of epoxide rings is 1. The molecule has 5 aromatic rings. The second-order valence-electron chi connectivity index (χ2n) is 33.0. The zero-order valence-electron chi connectivity index (χ0n) is 74.6. The first-order valence-electron chi connectivity index (χ1n) is 43.0. The number of nitrogens with zero attached hydrogens (tertiary/aromatic N) is 2. The molecule has 0 radical (unpaired) electrons. The molecule has 0 saturated carbocycles. The molecule has 4 bridgehead atoms. The highest BCUT2D eigenvalue weighted by Gasteiger charge is 2.65. The largest absolute Gasteiger partial charge is 0.508 e. The van der Waals surface area contributed by atoms with E-state index < -0.39 is 197 Å². The number of allylic oxidation sites excluding steroid dienone is 3. The van der Waals surface area contributed by atoms with E-state index in [4.69, 9.17) is 46.8 Å². The van der Waals surface area contributed by atoms with Crippen molar-refractivity contribution in [2.24, 2.45) is 17.4 Å². The van der Waals surface area contributed by atoms with E-state index in [9.17, 15) is 78.0 Å². The number of phenolic OH excluding ortho intramolecular Hbond substituents is 1. The Balaban J connectivity index is 0.818. The maximum Gasteiger partial charge on any atom is 0.409 e. The number of H-pyrrole nitrogens is 1. The number of aromatic amines is 1. The standard InChI is InChI=1S/C89H120ClN15O22S4/c1-48-19-18-25-69(124-10)89(122)44-68(125-87(121)103-89)49(2)77-88(6,127-77)70(43-73(111)105(8)66-40-55(37-48)41-67(123-9)74(66)90)126-86(120)50(3)104(7)72(110)31-36-129-128-35-30-71(109)93-33-34-94-84(118)75(51(4)106)101-83(117)65-47-131-130-46-64(99-78(112)59(92)38-53-20-12-11-13-21-53)82(116)97-62(39-54-26-28-57(108)29-27-54)80(114)98-63(42-56-45-95-60-23-15-14-22-58(56)60)81(115)96-61(24-16-17-32-91)79(113)102-76(52(5)107)85(119)100-65/h11-15,18-23,25-29,40-41,45,49-52,59,61-65,68-70,75-77,95,106-108,122H,16-17,24,30-39,42-44,46-47,91-92H2,1-10H3,(H,93,109)(H,94,118)(H,96,115)(H,97,116)(H,98,114)(H,99,112)(H,100,119)(H,101,117)(H,102,113)(H,103,121)/b25-18+,48-19+/t49-,50?,51-,52?,59-,61+,62+,63-,64+,65+,68+,69-,70+,75+,76?,77+,88+,89?/m1/s1. The van der Waals surface area contributed by atoms with Crippen molar-refractivity contribution in [1.29, 1.82) is 0 Å². The van der Waals surface area contributed by atoms with Crippen LogP contribution in [0.15, 0.2) is 121 Å². The SMILES string of the molecule is COc1cc2cc(c1Cl)N(C)C(=O)C[C@H](OC(=O)C(C)N(C)C(=O)CCSSCCC(=O)NCCNC(=O)[C@@H](NC(=O)[C@@H]1CSSC[C@H](NC(=O)[C@H](N)Cc3ccccc3)C(=O)N[C@@H](Cc3ccc(O)cc3)C(=O)N[C@H](Cc3c[nH]c4ccccc34)C(=O)N[C@@H](CCCCN)C(=O)NC(C(C)O)C(=O)N1)[C@@H](C)O)[C@]1(C)O[C@H]1[C@H](C)[C@@H]1CC(O)(NC(=O)O1)[C@H](OC)/C=C/C=C(\C)C2. The number of phenols is 1.